The van der Waals surface area contributed by atoms with Crippen LogP contribution >= 0.6 is 0 Å². The fourth-order valence-corrected chi connectivity index (χ4v) is 5.87. The lowest BCUT2D eigenvalue weighted by molar-refractivity contribution is 0.672. The second-order valence-corrected chi connectivity index (χ2v) is 10.2. The molecule has 1 heterocycles. The first-order chi connectivity index (χ1) is 22.9. The normalized spacial score (nSPS) is 13.0. The Bertz CT molecular complexity index is 2450. The Labute approximate surface area is 251 Å². The summed E-state index contributed by atoms with van der Waals surface area (Å²) >= 11 is 0. The summed E-state index contributed by atoms with van der Waals surface area (Å²) in [5.41, 5.74) is 7.09. The molecule has 8 rings (SSSR count). The molecule has 0 saturated carbocycles. The average Bonchev–Trinajstić information content (AvgIpc) is 3.51. The van der Waals surface area contributed by atoms with Crippen LogP contribution in [-0.4, -0.2) is 0 Å². The number of hydrogen-bond donors (Lipinski definition) is 0. The van der Waals surface area contributed by atoms with Gasteiger partial charge in [-0.05, 0) is 70.1 Å². The van der Waals surface area contributed by atoms with E-state index in [1.807, 2.05) is 78.9 Å². The van der Waals surface area contributed by atoms with Crippen molar-refractivity contribution >= 4 is 49.8 Å². The molecule has 0 spiro atoms. The smallest absolute Gasteiger partial charge is 0.143 e. The van der Waals surface area contributed by atoms with Crippen molar-refractivity contribution in [2.24, 2.45) is 0 Å². The van der Waals surface area contributed by atoms with E-state index in [4.69, 9.17) is 11.3 Å². The van der Waals surface area contributed by atoms with Crippen LogP contribution in [0.4, 0.5) is 17.1 Å². The Morgan fingerprint density at radius 3 is 1.98 bits per heavy atom. The maximum absolute atomic E-state index is 8.80. The SMILES string of the molecule is [2H]c1c([2H])c([2H])c(-c2cc3c(oc4cccc(N(c5ccccc5)c5cccc(-c6ccccc6)c5)c43)c3ccccc23)c([2H])c1[2H]. The Balaban J connectivity index is 1.46. The molecule has 0 aliphatic rings. The van der Waals surface area contributed by atoms with Crippen LogP contribution in [-0.2, 0) is 0 Å². The zero-order chi connectivity index (χ0) is 32.2. The van der Waals surface area contributed by atoms with Crippen molar-refractivity contribution < 1.29 is 11.3 Å². The Morgan fingerprint density at radius 2 is 1.17 bits per heavy atom. The largest absolute Gasteiger partial charge is 0.455 e. The minimum atomic E-state index is -0.415. The molecular weight excluding hydrogens is 510 g/mol. The number of rotatable bonds is 5. The molecule has 0 aliphatic carbocycles. The predicted octanol–water partition coefficient (Wildman–Crippen LogP) is 11.5. The molecule has 0 atom stereocenters. The van der Waals surface area contributed by atoms with Gasteiger partial charge in [-0.2, -0.15) is 0 Å². The van der Waals surface area contributed by atoms with Crippen LogP contribution < -0.4 is 4.90 Å². The molecule has 7 aromatic carbocycles. The van der Waals surface area contributed by atoms with Crippen LogP contribution in [0.15, 0.2) is 168 Å². The first kappa shape index (κ1) is 19.5. The third kappa shape index (κ3) is 4.05. The van der Waals surface area contributed by atoms with Crippen molar-refractivity contribution in [1.82, 2.24) is 0 Å². The number of nitrogens with zero attached hydrogens (tertiary/aromatic N) is 1. The van der Waals surface area contributed by atoms with Gasteiger partial charge in [-0.1, -0.05) is 121 Å². The van der Waals surface area contributed by atoms with Gasteiger partial charge in [-0.25, -0.2) is 0 Å². The predicted molar refractivity (Wildman–Crippen MR) is 177 cm³/mol. The number of benzene rings is 7. The molecule has 0 fully saturated rings. The van der Waals surface area contributed by atoms with E-state index in [-0.39, 0.29) is 29.7 Å². The molecule has 0 aliphatic heterocycles. The molecule has 2 heteroatoms. The number of anilines is 3. The maximum atomic E-state index is 8.80. The third-order valence-electron chi connectivity index (χ3n) is 7.72. The molecular formula is C40H27NO. The van der Waals surface area contributed by atoms with Gasteiger partial charge in [0.05, 0.1) is 17.9 Å². The van der Waals surface area contributed by atoms with E-state index in [1.165, 1.54) is 0 Å². The number of hydrogen-bond acceptors (Lipinski definition) is 2. The standard InChI is InChI=1S/C40H27NO/c1-4-14-28(15-5-1)30-18-12-21-32(26-30)41(31-19-8-3-9-20-31)37-24-13-25-38-39(37)36-27-35(29-16-6-2-7-17-29)33-22-10-11-23-34(33)40(36)42-38/h1-27H/i2D,6D,7D,16D,17D. The van der Waals surface area contributed by atoms with Crippen LogP contribution in [0.1, 0.15) is 6.85 Å². The van der Waals surface area contributed by atoms with Gasteiger partial charge in [0.2, 0.25) is 0 Å². The van der Waals surface area contributed by atoms with Gasteiger partial charge in [0.25, 0.3) is 0 Å². The number of fused-ring (bicyclic) bond motifs is 5. The summed E-state index contributed by atoms with van der Waals surface area (Å²) in [4.78, 5) is 2.21. The summed E-state index contributed by atoms with van der Waals surface area (Å²) in [6.45, 7) is 0. The second kappa shape index (κ2) is 10.1. The zero-order valence-corrected chi connectivity index (χ0v) is 22.6. The van der Waals surface area contributed by atoms with E-state index in [2.05, 4.69) is 59.5 Å². The molecule has 42 heavy (non-hydrogen) atoms. The van der Waals surface area contributed by atoms with Crippen LogP contribution in [0.3, 0.4) is 0 Å². The van der Waals surface area contributed by atoms with Crippen molar-refractivity contribution in [1.29, 1.82) is 0 Å². The summed E-state index contributed by atoms with van der Waals surface area (Å²) in [7, 11) is 0. The topological polar surface area (TPSA) is 16.4 Å². The molecule has 198 valence electrons. The van der Waals surface area contributed by atoms with Gasteiger partial charge in [0.1, 0.15) is 11.2 Å². The monoisotopic (exact) mass is 542 g/mol. The summed E-state index contributed by atoms with van der Waals surface area (Å²) in [6, 6.07) is 42.9. The summed E-state index contributed by atoms with van der Waals surface area (Å²) in [5.74, 6) is 0. The van der Waals surface area contributed by atoms with E-state index in [1.54, 1.807) is 0 Å². The number of para-hydroxylation sites is 1. The Hall–Kier alpha value is -5.60. The molecule has 0 saturated heterocycles. The lowest BCUT2D eigenvalue weighted by Crippen LogP contribution is -2.10. The van der Waals surface area contributed by atoms with E-state index >= 15 is 0 Å². The highest BCUT2D eigenvalue weighted by Gasteiger charge is 2.21. The van der Waals surface area contributed by atoms with Gasteiger partial charge >= 0.3 is 0 Å². The van der Waals surface area contributed by atoms with E-state index in [0.717, 1.165) is 49.7 Å². The summed E-state index contributed by atoms with van der Waals surface area (Å²) in [5, 5.41) is 3.19. The van der Waals surface area contributed by atoms with Crippen molar-refractivity contribution in [3.63, 3.8) is 0 Å². The first-order valence-corrected chi connectivity index (χ1v) is 13.9. The maximum Gasteiger partial charge on any atom is 0.143 e. The fraction of sp³-hybridized carbons (Fsp3) is 0. The van der Waals surface area contributed by atoms with Crippen molar-refractivity contribution in [2.45, 2.75) is 0 Å². The summed E-state index contributed by atoms with van der Waals surface area (Å²) in [6.07, 6.45) is 0. The highest BCUT2D eigenvalue weighted by atomic mass is 16.3. The fourth-order valence-electron chi connectivity index (χ4n) is 5.87. The quantitative estimate of drug-likeness (QED) is 0.215. The molecule has 8 aromatic rings. The van der Waals surface area contributed by atoms with Gasteiger partial charge in [-0.3, -0.25) is 0 Å². The van der Waals surface area contributed by atoms with E-state index in [0.29, 0.717) is 16.7 Å². The Kier molecular flexibility index (Phi) is 4.68. The minimum absolute atomic E-state index is 0.163. The van der Waals surface area contributed by atoms with Crippen molar-refractivity contribution in [3.8, 4) is 22.3 Å². The van der Waals surface area contributed by atoms with Gasteiger partial charge in [0.15, 0.2) is 0 Å². The van der Waals surface area contributed by atoms with Crippen molar-refractivity contribution in [2.75, 3.05) is 4.90 Å². The molecule has 1 aromatic heterocycles. The van der Waals surface area contributed by atoms with Gasteiger partial charge in [0, 0.05) is 22.1 Å². The molecule has 0 N–H and O–H groups in total. The third-order valence-corrected chi connectivity index (χ3v) is 7.72. The van der Waals surface area contributed by atoms with E-state index < -0.39 is 6.04 Å². The van der Waals surface area contributed by atoms with E-state index in [9.17, 15) is 0 Å². The van der Waals surface area contributed by atoms with Crippen LogP contribution in [0.25, 0.3) is 55.0 Å². The second-order valence-electron chi connectivity index (χ2n) is 10.2. The van der Waals surface area contributed by atoms with Crippen LogP contribution in [0.2, 0.25) is 0 Å². The Morgan fingerprint density at radius 1 is 0.500 bits per heavy atom. The molecule has 0 bridgehead atoms. The number of furan rings is 1. The minimum Gasteiger partial charge on any atom is -0.455 e. The molecule has 2 nitrogen and oxygen atoms in total. The molecule has 0 unspecified atom stereocenters. The van der Waals surface area contributed by atoms with Crippen molar-refractivity contribution in [3.05, 3.63) is 164 Å². The highest BCUT2D eigenvalue weighted by molar-refractivity contribution is 6.22. The van der Waals surface area contributed by atoms with Gasteiger partial charge < -0.3 is 9.32 Å². The first-order valence-electron chi connectivity index (χ1n) is 16.4. The lowest BCUT2D eigenvalue weighted by atomic mass is 9.95. The van der Waals surface area contributed by atoms with Crippen LogP contribution in [0.5, 0.6) is 0 Å². The highest BCUT2D eigenvalue weighted by Crippen LogP contribution is 2.46. The van der Waals surface area contributed by atoms with Gasteiger partial charge in [-0.15, -0.1) is 0 Å². The lowest BCUT2D eigenvalue weighted by Gasteiger charge is -2.26. The summed E-state index contributed by atoms with van der Waals surface area (Å²) < 4.78 is 49.2. The van der Waals surface area contributed by atoms with Crippen LogP contribution in [0, 0.1) is 0 Å². The zero-order valence-electron chi connectivity index (χ0n) is 27.6. The molecule has 0 amide bonds. The average molecular weight is 543 g/mol. The molecule has 0 radical (unpaired) electrons.